The second-order valence-corrected chi connectivity index (χ2v) is 4.29. The fraction of sp³-hybridized carbons (Fsp3) is 0.556. The van der Waals surface area contributed by atoms with Gasteiger partial charge >= 0.3 is 0 Å². The maximum absolute atomic E-state index is 11.9. The van der Waals surface area contributed by atoms with Crippen molar-refractivity contribution in [3.8, 4) is 0 Å². The molecule has 14 heavy (non-hydrogen) atoms. The van der Waals surface area contributed by atoms with Crippen LogP contribution >= 0.6 is 11.5 Å². The van der Waals surface area contributed by atoms with E-state index in [9.17, 15) is 4.79 Å². The van der Waals surface area contributed by atoms with Gasteiger partial charge in [-0.05, 0) is 30.8 Å². The van der Waals surface area contributed by atoms with E-state index >= 15 is 0 Å². The summed E-state index contributed by atoms with van der Waals surface area (Å²) in [6, 6.07) is 0. The van der Waals surface area contributed by atoms with Crippen molar-refractivity contribution >= 4 is 22.4 Å². The Morgan fingerprint density at radius 2 is 2.14 bits per heavy atom. The Labute approximate surface area is 86.9 Å². The summed E-state index contributed by atoms with van der Waals surface area (Å²) in [6.07, 6.45) is 4.99. The van der Waals surface area contributed by atoms with Crippen LogP contribution in [0.5, 0.6) is 0 Å². The summed E-state index contributed by atoms with van der Waals surface area (Å²) < 4.78 is 3.91. The van der Waals surface area contributed by atoms with Gasteiger partial charge in [-0.15, -0.1) is 0 Å². The Bertz CT molecular complexity index is 331. The van der Waals surface area contributed by atoms with E-state index in [1.165, 1.54) is 18.0 Å². The molecule has 0 radical (unpaired) electrons. The van der Waals surface area contributed by atoms with Crippen LogP contribution in [0.3, 0.4) is 0 Å². The fourth-order valence-corrected chi connectivity index (χ4v) is 2.19. The molecule has 0 aromatic carbocycles. The van der Waals surface area contributed by atoms with Crippen LogP contribution in [-0.4, -0.2) is 28.3 Å². The van der Waals surface area contributed by atoms with Crippen LogP contribution in [-0.2, 0) is 0 Å². The number of amides is 1. The zero-order chi connectivity index (χ0) is 9.97. The molecule has 0 atom stereocenters. The van der Waals surface area contributed by atoms with E-state index in [0.717, 1.165) is 25.9 Å². The van der Waals surface area contributed by atoms with E-state index in [-0.39, 0.29) is 5.91 Å². The van der Waals surface area contributed by atoms with Gasteiger partial charge in [0.1, 0.15) is 5.00 Å². The number of piperidine rings is 1. The number of nitrogens with two attached hydrogens (primary N) is 1. The van der Waals surface area contributed by atoms with Crippen molar-refractivity contribution in [1.29, 1.82) is 0 Å². The first-order valence-corrected chi connectivity index (χ1v) is 5.56. The Morgan fingerprint density at radius 1 is 1.43 bits per heavy atom. The minimum atomic E-state index is 0.0379. The lowest BCUT2D eigenvalue weighted by atomic mass is 10.1. The smallest absolute Gasteiger partial charge is 0.258 e. The Hall–Kier alpha value is -1.10. The lowest BCUT2D eigenvalue weighted by Gasteiger charge is -2.26. The van der Waals surface area contributed by atoms with Crippen LogP contribution < -0.4 is 5.73 Å². The molecule has 2 N–H and O–H groups in total. The topological polar surface area (TPSA) is 59.2 Å². The highest BCUT2D eigenvalue weighted by Gasteiger charge is 2.20. The molecule has 76 valence electrons. The highest BCUT2D eigenvalue weighted by molar-refractivity contribution is 7.10. The van der Waals surface area contributed by atoms with Gasteiger partial charge in [-0.1, -0.05) is 0 Å². The predicted octanol–water partition coefficient (Wildman–Crippen LogP) is 1.35. The third-order valence-corrected chi connectivity index (χ3v) is 3.10. The maximum Gasteiger partial charge on any atom is 0.258 e. The van der Waals surface area contributed by atoms with Gasteiger partial charge in [-0.2, -0.15) is 4.37 Å². The molecule has 1 saturated heterocycles. The summed E-state index contributed by atoms with van der Waals surface area (Å²) in [7, 11) is 0. The summed E-state index contributed by atoms with van der Waals surface area (Å²) in [5, 5.41) is 0.528. The fourth-order valence-electron chi connectivity index (χ4n) is 1.68. The molecule has 1 aliphatic rings. The number of hydrogen-bond acceptors (Lipinski definition) is 4. The predicted molar refractivity (Wildman–Crippen MR) is 56.3 cm³/mol. The SMILES string of the molecule is Nc1sncc1C(=O)N1CCCCC1. The largest absolute Gasteiger partial charge is 0.389 e. The molecule has 1 fully saturated rings. The van der Waals surface area contributed by atoms with Crippen LogP contribution in [0, 0.1) is 0 Å². The average molecular weight is 211 g/mol. The lowest BCUT2D eigenvalue weighted by Crippen LogP contribution is -2.35. The number of anilines is 1. The van der Waals surface area contributed by atoms with E-state index in [1.807, 2.05) is 4.90 Å². The molecule has 0 spiro atoms. The van der Waals surface area contributed by atoms with Crippen LogP contribution in [0.1, 0.15) is 29.6 Å². The van der Waals surface area contributed by atoms with Crippen molar-refractivity contribution in [2.75, 3.05) is 18.8 Å². The number of carbonyl (C=O) groups is 1. The van der Waals surface area contributed by atoms with Crippen LogP contribution in [0.2, 0.25) is 0 Å². The Balaban J connectivity index is 2.11. The third kappa shape index (κ3) is 1.72. The summed E-state index contributed by atoms with van der Waals surface area (Å²) >= 11 is 1.18. The van der Waals surface area contributed by atoms with Crippen molar-refractivity contribution in [1.82, 2.24) is 9.27 Å². The Kier molecular flexibility index (Phi) is 2.67. The number of hydrogen-bond donors (Lipinski definition) is 1. The molecule has 0 bridgehead atoms. The maximum atomic E-state index is 11.9. The van der Waals surface area contributed by atoms with Crippen molar-refractivity contribution in [2.24, 2.45) is 0 Å². The molecule has 0 unspecified atom stereocenters. The summed E-state index contributed by atoms with van der Waals surface area (Å²) in [5.41, 5.74) is 6.22. The quantitative estimate of drug-likeness (QED) is 0.762. The Morgan fingerprint density at radius 3 is 2.71 bits per heavy atom. The van der Waals surface area contributed by atoms with Crippen molar-refractivity contribution in [2.45, 2.75) is 19.3 Å². The number of aromatic nitrogens is 1. The zero-order valence-corrected chi connectivity index (χ0v) is 8.72. The van der Waals surface area contributed by atoms with Gasteiger partial charge in [0.05, 0.1) is 11.8 Å². The normalized spacial score (nSPS) is 17.0. The first-order chi connectivity index (χ1) is 6.79. The van der Waals surface area contributed by atoms with Gasteiger partial charge in [0.2, 0.25) is 0 Å². The lowest BCUT2D eigenvalue weighted by molar-refractivity contribution is 0.0725. The first kappa shape index (κ1) is 9.45. The highest BCUT2D eigenvalue weighted by Crippen LogP contribution is 2.20. The second kappa shape index (κ2) is 3.96. The molecule has 1 amide bonds. The molecule has 2 heterocycles. The molecule has 0 aliphatic carbocycles. The van der Waals surface area contributed by atoms with E-state index in [4.69, 9.17) is 5.73 Å². The van der Waals surface area contributed by atoms with Crippen LogP contribution in [0.25, 0.3) is 0 Å². The average Bonchev–Trinajstić information content (AvgIpc) is 2.65. The standard InChI is InChI=1S/C9H13N3OS/c10-8-7(6-11-14-8)9(13)12-4-2-1-3-5-12/h6H,1-5,10H2. The van der Waals surface area contributed by atoms with Crippen molar-refractivity contribution in [3.63, 3.8) is 0 Å². The molecule has 5 heteroatoms. The van der Waals surface area contributed by atoms with E-state index in [2.05, 4.69) is 4.37 Å². The molecule has 0 saturated carbocycles. The van der Waals surface area contributed by atoms with E-state index < -0.39 is 0 Å². The van der Waals surface area contributed by atoms with Gasteiger partial charge in [-0.25, -0.2) is 0 Å². The summed E-state index contributed by atoms with van der Waals surface area (Å²) in [4.78, 5) is 13.8. The molecular weight excluding hydrogens is 198 g/mol. The van der Waals surface area contributed by atoms with Crippen LogP contribution in [0.15, 0.2) is 6.20 Å². The molecule has 1 aromatic heterocycles. The van der Waals surface area contributed by atoms with Crippen LogP contribution in [0.4, 0.5) is 5.00 Å². The first-order valence-electron chi connectivity index (χ1n) is 4.78. The minimum absolute atomic E-state index is 0.0379. The minimum Gasteiger partial charge on any atom is -0.389 e. The highest BCUT2D eigenvalue weighted by atomic mass is 32.1. The third-order valence-electron chi connectivity index (χ3n) is 2.47. The molecule has 4 nitrogen and oxygen atoms in total. The number of likely N-dealkylation sites (tertiary alicyclic amines) is 1. The molecule has 2 rings (SSSR count). The van der Waals surface area contributed by atoms with Gasteiger partial charge in [0, 0.05) is 13.1 Å². The number of nitrogens with zero attached hydrogens (tertiary/aromatic N) is 2. The number of nitrogen functional groups attached to an aromatic ring is 1. The number of carbonyl (C=O) groups excluding carboxylic acids is 1. The van der Waals surface area contributed by atoms with Gasteiger partial charge in [0.15, 0.2) is 0 Å². The molecule has 1 aromatic rings. The molecule has 1 aliphatic heterocycles. The second-order valence-electron chi connectivity index (χ2n) is 3.46. The molecular formula is C9H13N3OS. The zero-order valence-electron chi connectivity index (χ0n) is 7.90. The number of rotatable bonds is 1. The van der Waals surface area contributed by atoms with Crippen molar-refractivity contribution in [3.05, 3.63) is 11.8 Å². The van der Waals surface area contributed by atoms with Gasteiger partial charge < -0.3 is 10.6 Å². The van der Waals surface area contributed by atoms with E-state index in [1.54, 1.807) is 6.20 Å². The van der Waals surface area contributed by atoms with Crippen molar-refractivity contribution < 1.29 is 4.79 Å². The van der Waals surface area contributed by atoms with E-state index in [0.29, 0.717) is 10.6 Å². The van der Waals surface area contributed by atoms with Gasteiger partial charge in [-0.3, -0.25) is 4.79 Å². The monoisotopic (exact) mass is 211 g/mol. The summed E-state index contributed by atoms with van der Waals surface area (Å²) in [6.45, 7) is 1.71. The van der Waals surface area contributed by atoms with Gasteiger partial charge in [0.25, 0.3) is 5.91 Å². The summed E-state index contributed by atoms with van der Waals surface area (Å²) in [5.74, 6) is 0.0379.